The lowest BCUT2D eigenvalue weighted by Gasteiger charge is -2.22. The summed E-state index contributed by atoms with van der Waals surface area (Å²) in [7, 11) is 0. The number of amides is 1. The van der Waals surface area contributed by atoms with E-state index in [0.717, 1.165) is 37.2 Å². The molecule has 0 radical (unpaired) electrons. The molecule has 0 saturated carbocycles. The number of carbonyl (C=O) groups is 1. The van der Waals surface area contributed by atoms with Crippen LogP contribution in [0.3, 0.4) is 0 Å². The molecule has 6 nitrogen and oxygen atoms in total. The average Bonchev–Trinajstić information content (AvgIpc) is 2.59. The quantitative estimate of drug-likeness (QED) is 0.888. The van der Waals surface area contributed by atoms with Gasteiger partial charge in [0.2, 0.25) is 5.91 Å². The number of ether oxygens (including phenoxy) is 1. The Bertz CT molecular complexity index is 676. The molecule has 1 atom stereocenters. The van der Waals surface area contributed by atoms with Crippen LogP contribution in [0.1, 0.15) is 18.4 Å². The van der Waals surface area contributed by atoms with Gasteiger partial charge in [-0.05, 0) is 56.1 Å². The van der Waals surface area contributed by atoms with E-state index in [9.17, 15) is 4.79 Å². The van der Waals surface area contributed by atoms with Crippen LogP contribution in [0, 0.1) is 12.8 Å². The fourth-order valence-electron chi connectivity index (χ4n) is 2.59. The fourth-order valence-corrected chi connectivity index (χ4v) is 2.59. The molecule has 0 spiro atoms. The van der Waals surface area contributed by atoms with Gasteiger partial charge in [0, 0.05) is 24.6 Å². The summed E-state index contributed by atoms with van der Waals surface area (Å²) >= 11 is 0. The molecule has 1 aromatic heterocycles. The van der Waals surface area contributed by atoms with Crippen LogP contribution in [-0.2, 0) is 4.79 Å². The van der Waals surface area contributed by atoms with Crippen molar-refractivity contribution in [3.05, 3.63) is 42.2 Å². The summed E-state index contributed by atoms with van der Waals surface area (Å²) in [5.41, 5.74) is 1.75. The molecule has 24 heavy (non-hydrogen) atoms. The predicted octanol–water partition coefficient (Wildman–Crippen LogP) is 2.94. The van der Waals surface area contributed by atoms with Gasteiger partial charge in [-0.1, -0.05) is 0 Å². The van der Waals surface area contributed by atoms with E-state index in [0.29, 0.717) is 11.8 Å². The van der Waals surface area contributed by atoms with E-state index in [1.807, 2.05) is 19.1 Å². The first kappa shape index (κ1) is 18.2. The molecule has 1 aliphatic rings. The highest BCUT2D eigenvalue weighted by Crippen LogP contribution is 2.25. The number of benzene rings is 1. The summed E-state index contributed by atoms with van der Waals surface area (Å²) in [6.45, 7) is 3.68. The number of aromatic nitrogens is 2. The van der Waals surface area contributed by atoms with E-state index < -0.39 is 0 Å². The Hall–Kier alpha value is -2.18. The molecule has 7 heteroatoms. The maximum absolute atomic E-state index is 12.3. The van der Waals surface area contributed by atoms with E-state index in [1.165, 1.54) is 0 Å². The maximum atomic E-state index is 12.3. The SMILES string of the molecule is Cc1cc(Oc2ncccn2)ccc1NC(=O)C1CCCNC1.Cl. The van der Waals surface area contributed by atoms with Gasteiger partial charge >= 0.3 is 6.01 Å². The van der Waals surface area contributed by atoms with Crippen LogP contribution in [-0.4, -0.2) is 29.0 Å². The number of piperidine rings is 1. The first-order chi connectivity index (χ1) is 11.2. The third kappa shape index (κ3) is 4.66. The van der Waals surface area contributed by atoms with Crippen molar-refractivity contribution in [3.8, 4) is 11.8 Å². The summed E-state index contributed by atoms with van der Waals surface area (Å²) < 4.78 is 5.59. The topological polar surface area (TPSA) is 76.1 Å². The van der Waals surface area contributed by atoms with E-state index in [4.69, 9.17) is 4.74 Å². The first-order valence-electron chi connectivity index (χ1n) is 7.79. The molecule has 2 N–H and O–H groups in total. The van der Waals surface area contributed by atoms with Gasteiger partial charge in [0.25, 0.3) is 0 Å². The Morgan fingerprint density at radius 1 is 1.33 bits per heavy atom. The number of halogens is 1. The molecule has 3 rings (SSSR count). The monoisotopic (exact) mass is 348 g/mol. The van der Waals surface area contributed by atoms with Crippen molar-refractivity contribution in [1.82, 2.24) is 15.3 Å². The highest BCUT2D eigenvalue weighted by Gasteiger charge is 2.21. The lowest BCUT2D eigenvalue weighted by molar-refractivity contribution is -0.120. The smallest absolute Gasteiger partial charge is 0.321 e. The van der Waals surface area contributed by atoms with Crippen LogP contribution in [0.4, 0.5) is 5.69 Å². The van der Waals surface area contributed by atoms with Crippen LogP contribution in [0.2, 0.25) is 0 Å². The molecule has 1 aliphatic heterocycles. The van der Waals surface area contributed by atoms with Gasteiger partial charge in [0.05, 0.1) is 5.92 Å². The van der Waals surface area contributed by atoms with Crippen LogP contribution in [0.5, 0.6) is 11.8 Å². The summed E-state index contributed by atoms with van der Waals surface area (Å²) in [5.74, 6) is 0.753. The zero-order chi connectivity index (χ0) is 16.1. The predicted molar refractivity (Wildman–Crippen MR) is 94.8 cm³/mol. The Labute approximate surface area is 147 Å². The number of nitrogens with zero attached hydrogens (tertiary/aromatic N) is 2. The van der Waals surface area contributed by atoms with Crippen molar-refractivity contribution in [1.29, 1.82) is 0 Å². The van der Waals surface area contributed by atoms with Gasteiger partial charge in [-0.2, -0.15) is 0 Å². The highest BCUT2D eigenvalue weighted by molar-refractivity contribution is 5.93. The minimum Gasteiger partial charge on any atom is -0.424 e. The van der Waals surface area contributed by atoms with Crippen LogP contribution >= 0.6 is 12.4 Å². The van der Waals surface area contributed by atoms with E-state index in [2.05, 4.69) is 20.6 Å². The largest absolute Gasteiger partial charge is 0.424 e. The van der Waals surface area contributed by atoms with Gasteiger partial charge < -0.3 is 15.4 Å². The number of rotatable bonds is 4. The van der Waals surface area contributed by atoms with Crippen molar-refractivity contribution in [3.63, 3.8) is 0 Å². The zero-order valence-corrected chi connectivity index (χ0v) is 14.3. The minimum atomic E-state index is 0. The van der Waals surface area contributed by atoms with Gasteiger partial charge in [0.15, 0.2) is 0 Å². The standard InChI is InChI=1S/C17H20N4O2.ClH/c1-12-10-14(23-17-19-8-3-9-20-17)5-6-15(12)21-16(22)13-4-2-7-18-11-13;/h3,5-6,8-10,13,18H,2,4,7,11H2,1H3,(H,21,22);1H. The van der Waals surface area contributed by atoms with Crippen molar-refractivity contribution < 1.29 is 9.53 Å². The Kier molecular flexibility index (Phi) is 6.52. The first-order valence-corrected chi connectivity index (χ1v) is 7.79. The molecule has 2 aromatic rings. The van der Waals surface area contributed by atoms with Gasteiger partial charge in [-0.15, -0.1) is 12.4 Å². The number of nitrogens with one attached hydrogen (secondary N) is 2. The van der Waals surface area contributed by atoms with Crippen LogP contribution in [0.25, 0.3) is 0 Å². The molecule has 2 heterocycles. The van der Waals surface area contributed by atoms with Crippen LogP contribution in [0.15, 0.2) is 36.7 Å². The Morgan fingerprint density at radius 3 is 2.79 bits per heavy atom. The second kappa shape index (κ2) is 8.61. The number of hydrogen-bond acceptors (Lipinski definition) is 5. The molecule has 128 valence electrons. The molecule has 0 bridgehead atoms. The molecular weight excluding hydrogens is 328 g/mol. The lowest BCUT2D eigenvalue weighted by atomic mass is 9.98. The molecular formula is C17H21ClN4O2. The second-order valence-corrected chi connectivity index (χ2v) is 5.64. The summed E-state index contributed by atoms with van der Waals surface area (Å²) in [6.07, 6.45) is 5.23. The van der Waals surface area contributed by atoms with Gasteiger partial charge in [-0.25, -0.2) is 9.97 Å². The molecule has 1 amide bonds. The number of anilines is 1. The number of hydrogen-bond donors (Lipinski definition) is 2. The van der Waals surface area contributed by atoms with Crippen molar-refractivity contribution >= 4 is 24.0 Å². The summed E-state index contributed by atoms with van der Waals surface area (Å²) in [5, 5.41) is 6.26. The summed E-state index contributed by atoms with van der Waals surface area (Å²) in [4.78, 5) is 20.3. The number of aryl methyl sites for hydroxylation is 1. The minimum absolute atomic E-state index is 0. The van der Waals surface area contributed by atoms with Crippen molar-refractivity contribution in [2.45, 2.75) is 19.8 Å². The summed E-state index contributed by atoms with van der Waals surface area (Å²) in [6, 6.07) is 7.55. The second-order valence-electron chi connectivity index (χ2n) is 5.64. The molecule has 1 unspecified atom stereocenters. The average molecular weight is 349 g/mol. The van der Waals surface area contributed by atoms with E-state index >= 15 is 0 Å². The normalized spacial score (nSPS) is 16.8. The third-order valence-corrected chi connectivity index (χ3v) is 3.87. The third-order valence-electron chi connectivity index (χ3n) is 3.87. The zero-order valence-electron chi connectivity index (χ0n) is 13.5. The van der Waals surface area contributed by atoms with Gasteiger partial charge in [-0.3, -0.25) is 4.79 Å². The van der Waals surface area contributed by atoms with E-state index in [1.54, 1.807) is 24.5 Å². The number of carbonyl (C=O) groups excluding carboxylic acids is 1. The highest BCUT2D eigenvalue weighted by atomic mass is 35.5. The molecule has 0 aliphatic carbocycles. The molecule has 1 fully saturated rings. The fraction of sp³-hybridized carbons (Fsp3) is 0.353. The Morgan fingerprint density at radius 2 is 2.12 bits per heavy atom. The molecule has 1 saturated heterocycles. The van der Waals surface area contributed by atoms with E-state index in [-0.39, 0.29) is 24.2 Å². The van der Waals surface area contributed by atoms with Crippen LogP contribution < -0.4 is 15.4 Å². The lowest BCUT2D eigenvalue weighted by Crippen LogP contribution is -2.37. The van der Waals surface area contributed by atoms with Gasteiger partial charge in [0.1, 0.15) is 5.75 Å². The maximum Gasteiger partial charge on any atom is 0.321 e. The van der Waals surface area contributed by atoms with Crippen molar-refractivity contribution in [2.75, 3.05) is 18.4 Å². The Balaban J connectivity index is 0.00000208. The molecule has 1 aromatic carbocycles. The van der Waals surface area contributed by atoms with Crippen molar-refractivity contribution in [2.24, 2.45) is 5.92 Å².